The van der Waals surface area contributed by atoms with Crippen molar-refractivity contribution in [3.63, 3.8) is 0 Å². The number of hydrogen-bond acceptors (Lipinski definition) is 2. The minimum absolute atomic E-state index is 0.189. The zero-order chi connectivity index (χ0) is 19.0. The molecule has 0 aliphatic rings. The lowest BCUT2D eigenvalue weighted by atomic mass is 10.0. The third-order valence-electron chi connectivity index (χ3n) is 3.62. The van der Waals surface area contributed by atoms with Gasteiger partial charge in [0.05, 0.1) is 47.1 Å². The van der Waals surface area contributed by atoms with Gasteiger partial charge in [-0.05, 0) is 36.4 Å². The van der Waals surface area contributed by atoms with E-state index in [4.69, 9.17) is 69.6 Å². The zero-order valence-electron chi connectivity index (χ0n) is 12.6. The molecule has 1 aromatic heterocycles. The van der Waals surface area contributed by atoms with Crippen molar-refractivity contribution in [1.82, 2.24) is 4.98 Å². The second kappa shape index (κ2) is 7.82. The maximum Gasteiger partial charge on any atom is 0.101 e. The smallest absolute Gasteiger partial charge is 0.101 e. The number of pyridine rings is 1. The van der Waals surface area contributed by atoms with Gasteiger partial charge in [0.25, 0.3) is 0 Å². The Morgan fingerprint density at radius 2 is 1.19 bits per heavy atom. The molecule has 8 heteroatoms. The Balaban J connectivity index is 2.26. The van der Waals surface area contributed by atoms with Gasteiger partial charge in [-0.25, -0.2) is 4.98 Å². The lowest BCUT2D eigenvalue weighted by Gasteiger charge is -2.12. The molecule has 0 unspecified atom stereocenters. The van der Waals surface area contributed by atoms with Crippen LogP contribution in [-0.2, 0) is 0 Å². The first-order valence-electron chi connectivity index (χ1n) is 7.04. The van der Waals surface area contributed by atoms with E-state index in [9.17, 15) is 5.26 Å². The van der Waals surface area contributed by atoms with Crippen molar-refractivity contribution in [1.29, 1.82) is 5.26 Å². The summed E-state index contributed by atoms with van der Waals surface area (Å²) in [6, 6.07) is 11.9. The highest BCUT2D eigenvalue weighted by atomic mass is 35.5. The molecule has 3 rings (SSSR count). The van der Waals surface area contributed by atoms with Crippen LogP contribution in [-0.4, -0.2) is 4.98 Å². The van der Waals surface area contributed by atoms with Crippen LogP contribution < -0.4 is 0 Å². The summed E-state index contributed by atoms with van der Waals surface area (Å²) in [7, 11) is 0. The molecule has 2 nitrogen and oxygen atoms in total. The number of benzene rings is 2. The van der Waals surface area contributed by atoms with Crippen molar-refractivity contribution in [2.24, 2.45) is 0 Å². The molecule has 0 fully saturated rings. The standard InChI is InChI=1S/C18H6Cl6N2/c19-11-4-2-9(14(21)16(11)23)13-6-1-8(7-25)18(26-13)10-3-5-12(20)17(24)15(10)22/h1-6H. The van der Waals surface area contributed by atoms with Crippen LogP contribution in [0.3, 0.4) is 0 Å². The Hall–Kier alpha value is -1.18. The number of halogens is 6. The first kappa shape index (κ1) is 19.6. The fraction of sp³-hybridized carbons (Fsp3) is 0. The van der Waals surface area contributed by atoms with Crippen LogP contribution in [0.2, 0.25) is 30.1 Å². The molecular formula is C18H6Cl6N2. The van der Waals surface area contributed by atoms with Gasteiger partial charge < -0.3 is 0 Å². The normalized spacial score (nSPS) is 10.7. The van der Waals surface area contributed by atoms with Gasteiger partial charge in [-0.15, -0.1) is 0 Å². The summed E-state index contributed by atoms with van der Waals surface area (Å²) in [5.41, 5.74) is 2.24. The van der Waals surface area contributed by atoms with Crippen LogP contribution in [0.1, 0.15) is 5.56 Å². The van der Waals surface area contributed by atoms with E-state index in [1.165, 1.54) is 0 Å². The van der Waals surface area contributed by atoms with Crippen molar-refractivity contribution in [2.45, 2.75) is 0 Å². The first-order chi connectivity index (χ1) is 12.3. The van der Waals surface area contributed by atoms with E-state index in [1.54, 1.807) is 36.4 Å². The van der Waals surface area contributed by atoms with E-state index in [-0.39, 0.29) is 20.1 Å². The fourth-order valence-electron chi connectivity index (χ4n) is 2.34. The predicted octanol–water partition coefficient (Wildman–Crippen LogP) is 8.21. The Morgan fingerprint density at radius 3 is 1.77 bits per heavy atom. The highest BCUT2D eigenvalue weighted by Crippen LogP contribution is 2.41. The van der Waals surface area contributed by atoms with E-state index in [0.717, 1.165) is 0 Å². The Labute approximate surface area is 179 Å². The minimum atomic E-state index is 0.189. The summed E-state index contributed by atoms with van der Waals surface area (Å²) in [6.45, 7) is 0. The van der Waals surface area contributed by atoms with Gasteiger partial charge in [0.2, 0.25) is 0 Å². The molecule has 0 saturated heterocycles. The molecule has 0 atom stereocenters. The van der Waals surface area contributed by atoms with Gasteiger partial charge in [-0.1, -0.05) is 69.6 Å². The highest BCUT2D eigenvalue weighted by molar-refractivity contribution is 6.49. The minimum Gasteiger partial charge on any atom is -0.246 e. The van der Waals surface area contributed by atoms with Crippen molar-refractivity contribution < 1.29 is 0 Å². The lowest BCUT2D eigenvalue weighted by Crippen LogP contribution is -1.94. The highest BCUT2D eigenvalue weighted by Gasteiger charge is 2.18. The number of aromatic nitrogens is 1. The molecular weight excluding hydrogens is 457 g/mol. The molecule has 26 heavy (non-hydrogen) atoms. The summed E-state index contributed by atoms with van der Waals surface area (Å²) in [5.74, 6) is 0. The van der Waals surface area contributed by atoms with Gasteiger partial charge in [-0.2, -0.15) is 5.26 Å². The summed E-state index contributed by atoms with van der Waals surface area (Å²) in [4.78, 5) is 4.55. The second-order valence-electron chi connectivity index (χ2n) is 5.15. The summed E-state index contributed by atoms with van der Waals surface area (Å²) in [6.07, 6.45) is 0. The molecule has 3 aromatic rings. The first-order valence-corrected chi connectivity index (χ1v) is 9.30. The topological polar surface area (TPSA) is 36.7 Å². The molecule has 0 spiro atoms. The van der Waals surface area contributed by atoms with Crippen LogP contribution in [0.25, 0.3) is 22.5 Å². The molecule has 0 aliphatic carbocycles. The van der Waals surface area contributed by atoms with Crippen molar-refractivity contribution in [3.05, 3.63) is 72.1 Å². The largest absolute Gasteiger partial charge is 0.246 e. The molecule has 2 aromatic carbocycles. The van der Waals surface area contributed by atoms with Crippen molar-refractivity contribution in [3.8, 4) is 28.6 Å². The third kappa shape index (κ3) is 3.49. The molecule has 0 aliphatic heterocycles. The zero-order valence-corrected chi connectivity index (χ0v) is 17.2. The molecule has 0 bridgehead atoms. The molecule has 0 saturated carbocycles. The monoisotopic (exact) mass is 460 g/mol. The molecule has 130 valence electrons. The van der Waals surface area contributed by atoms with Crippen LogP contribution >= 0.6 is 69.6 Å². The lowest BCUT2D eigenvalue weighted by molar-refractivity contribution is 1.30. The summed E-state index contributed by atoms with van der Waals surface area (Å²) >= 11 is 36.8. The van der Waals surface area contributed by atoms with Crippen LogP contribution in [0.4, 0.5) is 0 Å². The second-order valence-corrected chi connectivity index (χ2v) is 7.48. The van der Waals surface area contributed by atoms with E-state index in [1.807, 2.05) is 0 Å². The SMILES string of the molecule is N#Cc1ccc(-c2ccc(Cl)c(Cl)c2Cl)nc1-c1ccc(Cl)c(Cl)c1Cl. The third-order valence-corrected chi connectivity index (χ3v) is 6.20. The van der Waals surface area contributed by atoms with Gasteiger partial charge in [0, 0.05) is 11.1 Å². The molecule has 0 radical (unpaired) electrons. The Morgan fingerprint density at radius 1 is 0.654 bits per heavy atom. The Kier molecular flexibility index (Phi) is 5.89. The van der Waals surface area contributed by atoms with Crippen LogP contribution in [0.5, 0.6) is 0 Å². The number of rotatable bonds is 2. The molecule has 0 amide bonds. The average Bonchev–Trinajstić information content (AvgIpc) is 2.64. The van der Waals surface area contributed by atoms with Gasteiger partial charge in [0.15, 0.2) is 0 Å². The maximum absolute atomic E-state index is 9.43. The Bertz CT molecular complexity index is 1070. The van der Waals surface area contributed by atoms with Crippen LogP contribution in [0.15, 0.2) is 36.4 Å². The number of nitriles is 1. The number of nitrogens with zero attached hydrogens (tertiary/aromatic N) is 2. The summed E-state index contributed by atoms with van der Waals surface area (Å²) < 4.78 is 0. The van der Waals surface area contributed by atoms with Gasteiger partial charge >= 0.3 is 0 Å². The fourth-order valence-corrected chi connectivity index (χ4v) is 3.59. The quantitative estimate of drug-likeness (QED) is 0.360. The van der Waals surface area contributed by atoms with Gasteiger partial charge in [-0.3, -0.25) is 0 Å². The average molecular weight is 463 g/mol. The molecule has 0 N–H and O–H groups in total. The van der Waals surface area contributed by atoms with E-state index in [2.05, 4.69) is 11.1 Å². The number of hydrogen-bond donors (Lipinski definition) is 0. The van der Waals surface area contributed by atoms with Gasteiger partial charge in [0.1, 0.15) is 6.07 Å². The van der Waals surface area contributed by atoms with Crippen LogP contribution in [0, 0.1) is 11.3 Å². The van der Waals surface area contributed by atoms with E-state index >= 15 is 0 Å². The maximum atomic E-state index is 9.43. The van der Waals surface area contributed by atoms with Crippen molar-refractivity contribution in [2.75, 3.05) is 0 Å². The predicted molar refractivity (Wildman–Crippen MR) is 110 cm³/mol. The van der Waals surface area contributed by atoms with E-state index < -0.39 is 0 Å². The summed E-state index contributed by atoms with van der Waals surface area (Å²) in [5, 5.41) is 11.0. The van der Waals surface area contributed by atoms with Crippen molar-refractivity contribution >= 4 is 69.6 Å². The molecule has 1 heterocycles. The van der Waals surface area contributed by atoms with E-state index in [0.29, 0.717) is 38.1 Å².